The second kappa shape index (κ2) is 12.9. The number of nitrogens with zero attached hydrogens (tertiary/aromatic N) is 2. The minimum Gasteiger partial charge on any atom is -0.455 e. The molecule has 0 amide bonds. The first-order valence-electron chi connectivity index (χ1n) is 18.1. The third-order valence-electron chi connectivity index (χ3n) is 10.1. The van der Waals surface area contributed by atoms with E-state index >= 15 is 0 Å². The molecule has 0 spiro atoms. The highest BCUT2D eigenvalue weighted by molar-refractivity contribution is 7.26. The van der Waals surface area contributed by atoms with Crippen LogP contribution in [0.3, 0.4) is 0 Å². The van der Waals surface area contributed by atoms with E-state index in [1.54, 1.807) is 0 Å². The predicted molar refractivity (Wildman–Crippen MR) is 227 cm³/mol. The topological polar surface area (TPSA) is 23.0 Å². The smallest absolute Gasteiger partial charge is 0.145 e. The summed E-state index contributed by atoms with van der Waals surface area (Å²) in [6.45, 7) is 8.00. The molecular weight excluding hydrogens is 653 g/mol. The average molecular weight is 691 g/mol. The number of rotatable bonds is 2. The van der Waals surface area contributed by atoms with Gasteiger partial charge in [-0.25, -0.2) is 0 Å². The minimum absolute atomic E-state index is 0.913. The largest absolute Gasteiger partial charge is 0.455 e. The fourth-order valence-electron chi connectivity index (χ4n) is 7.83. The SMILES string of the molecule is C/C=C\C.CC.c1ccc2c(c1)oc1c2ccc2c1c1cccc(-n3c4ccccc4c4ccccc43)c1n2-c1cccc2c1sc1ccccc12. The lowest BCUT2D eigenvalue weighted by molar-refractivity contribution is 0.673. The molecule has 0 unspecified atom stereocenters. The molecule has 252 valence electrons. The van der Waals surface area contributed by atoms with Gasteiger partial charge in [-0.15, -0.1) is 11.3 Å². The van der Waals surface area contributed by atoms with E-state index in [0.717, 1.165) is 38.5 Å². The number of furan rings is 1. The Hall–Kier alpha value is -6.10. The van der Waals surface area contributed by atoms with E-state index in [2.05, 4.69) is 149 Å². The van der Waals surface area contributed by atoms with Crippen molar-refractivity contribution in [1.82, 2.24) is 9.13 Å². The normalized spacial score (nSPS) is 11.8. The quantitative estimate of drug-likeness (QED) is 0.166. The molecule has 0 aliphatic rings. The van der Waals surface area contributed by atoms with Gasteiger partial charge in [-0.3, -0.25) is 0 Å². The third kappa shape index (κ3) is 4.64. The summed E-state index contributed by atoms with van der Waals surface area (Å²) in [6, 6.07) is 52.7. The summed E-state index contributed by atoms with van der Waals surface area (Å²) in [7, 11) is 0. The zero-order chi connectivity index (χ0) is 35.3. The highest BCUT2D eigenvalue weighted by Gasteiger charge is 2.24. The molecule has 11 rings (SSSR count). The predicted octanol–water partition coefficient (Wildman–Crippen LogP) is 14.8. The first-order valence-corrected chi connectivity index (χ1v) is 18.9. The number of thiophene rings is 1. The van der Waals surface area contributed by atoms with E-state index in [0.29, 0.717) is 0 Å². The molecule has 0 atom stereocenters. The van der Waals surface area contributed by atoms with Crippen LogP contribution < -0.4 is 0 Å². The van der Waals surface area contributed by atoms with Crippen molar-refractivity contribution < 1.29 is 4.42 Å². The Labute approximate surface area is 306 Å². The molecule has 52 heavy (non-hydrogen) atoms. The van der Waals surface area contributed by atoms with Gasteiger partial charge in [0, 0.05) is 42.4 Å². The molecule has 0 aliphatic heterocycles. The summed E-state index contributed by atoms with van der Waals surface area (Å²) in [5, 5.41) is 9.70. The second-order valence-electron chi connectivity index (χ2n) is 12.7. The van der Waals surface area contributed by atoms with Crippen LogP contribution in [-0.2, 0) is 0 Å². The maximum Gasteiger partial charge on any atom is 0.145 e. The van der Waals surface area contributed by atoms with Gasteiger partial charge in [-0.05, 0) is 62.4 Å². The first kappa shape index (κ1) is 31.9. The Morgan fingerprint density at radius 3 is 1.75 bits per heavy atom. The Morgan fingerprint density at radius 1 is 0.462 bits per heavy atom. The molecule has 4 heterocycles. The number of hydrogen-bond donors (Lipinski definition) is 0. The van der Waals surface area contributed by atoms with Gasteiger partial charge in [-0.2, -0.15) is 0 Å². The standard InChI is InChI=1S/C42H24N2OS.C4H8.C2H6/c1-5-17-32-25(11-1)26-12-2-6-18-33(26)43(32)35-19-10-16-31-39-34(24-23-29-27-13-3-7-21-37(27)45-41(29)39)44(40(31)35)36-20-9-15-30-28-14-4-8-22-38(28)46-42(30)36;1-3-4-2;1-2/h1-24H;3-4H,1-2H3;1-2H3/b;4-3-;. The molecule has 0 saturated carbocycles. The van der Waals surface area contributed by atoms with Crippen molar-refractivity contribution in [2.45, 2.75) is 27.7 Å². The van der Waals surface area contributed by atoms with Crippen molar-refractivity contribution >= 4 is 97.1 Å². The summed E-state index contributed by atoms with van der Waals surface area (Å²) in [5.41, 5.74) is 8.88. The molecule has 7 aromatic carbocycles. The molecular formula is C48H38N2OS. The summed E-state index contributed by atoms with van der Waals surface area (Å²) in [6.07, 6.45) is 4.00. The molecule has 0 fully saturated rings. The lowest BCUT2D eigenvalue weighted by atomic mass is 10.1. The van der Waals surface area contributed by atoms with E-state index < -0.39 is 0 Å². The van der Waals surface area contributed by atoms with E-state index in [1.165, 1.54) is 58.6 Å². The van der Waals surface area contributed by atoms with Gasteiger partial charge in [0.2, 0.25) is 0 Å². The van der Waals surface area contributed by atoms with Crippen molar-refractivity contribution in [2.75, 3.05) is 0 Å². The maximum absolute atomic E-state index is 6.71. The summed E-state index contributed by atoms with van der Waals surface area (Å²) >= 11 is 1.87. The van der Waals surface area contributed by atoms with Crippen LogP contribution in [0.5, 0.6) is 0 Å². The van der Waals surface area contributed by atoms with Crippen LogP contribution >= 0.6 is 11.3 Å². The first-order chi connectivity index (χ1) is 25.8. The van der Waals surface area contributed by atoms with Crippen molar-refractivity contribution in [3.63, 3.8) is 0 Å². The van der Waals surface area contributed by atoms with Crippen LogP contribution in [0.15, 0.2) is 162 Å². The third-order valence-corrected chi connectivity index (χ3v) is 11.3. The summed E-state index contributed by atoms with van der Waals surface area (Å²) in [4.78, 5) is 0. The molecule has 0 radical (unpaired) electrons. The van der Waals surface area contributed by atoms with E-state index in [1.807, 2.05) is 57.3 Å². The van der Waals surface area contributed by atoms with Gasteiger partial charge in [0.05, 0.1) is 43.5 Å². The second-order valence-corrected chi connectivity index (χ2v) is 13.8. The van der Waals surface area contributed by atoms with E-state index in [9.17, 15) is 0 Å². The van der Waals surface area contributed by atoms with Crippen LogP contribution in [0.1, 0.15) is 27.7 Å². The monoisotopic (exact) mass is 690 g/mol. The molecule has 3 nitrogen and oxygen atoms in total. The highest BCUT2D eigenvalue weighted by atomic mass is 32.1. The maximum atomic E-state index is 6.71. The molecule has 0 N–H and O–H groups in total. The zero-order valence-corrected chi connectivity index (χ0v) is 30.5. The Bertz CT molecular complexity index is 3070. The van der Waals surface area contributed by atoms with E-state index in [-0.39, 0.29) is 0 Å². The van der Waals surface area contributed by atoms with Gasteiger partial charge in [-0.1, -0.05) is 123 Å². The zero-order valence-electron chi connectivity index (χ0n) is 29.7. The lowest BCUT2D eigenvalue weighted by Gasteiger charge is -2.15. The van der Waals surface area contributed by atoms with Crippen LogP contribution in [0.2, 0.25) is 0 Å². The molecule has 0 aliphatic carbocycles. The number of allylic oxidation sites excluding steroid dienone is 2. The van der Waals surface area contributed by atoms with Gasteiger partial charge >= 0.3 is 0 Å². The van der Waals surface area contributed by atoms with Gasteiger partial charge in [0.25, 0.3) is 0 Å². The van der Waals surface area contributed by atoms with Gasteiger partial charge < -0.3 is 13.6 Å². The number of hydrogen-bond acceptors (Lipinski definition) is 2. The van der Waals surface area contributed by atoms with Crippen LogP contribution in [-0.4, -0.2) is 9.13 Å². The minimum atomic E-state index is 0.913. The number of aromatic nitrogens is 2. The van der Waals surface area contributed by atoms with Crippen molar-refractivity contribution in [1.29, 1.82) is 0 Å². The van der Waals surface area contributed by atoms with Gasteiger partial charge in [0.1, 0.15) is 11.2 Å². The van der Waals surface area contributed by atoms with Crippen molar-refractivity contribution in [2.24, 2.45) is 0 Å². The van der Waals surface area contributed by atoms with Crippen LogP contribution in [0.25, 0.3) is 97.1 Å². The van der Waals surface area contributed by atoms with Crippen LogP contribution in [0, 0.1) is 0 Å². The van der Waals surface area contributed by atoms with Crippen molar-refractivity contribution in [3.8, 4) is 11.4 Å². The Balaban J connectivity index is 0.000000565. The molecule has 0 saturated heterocycles. The van der Waals surface area contributed by atoms with Gasteiger partial charge in [0.15, 0.2) is 0 Å². The fraction of sp³-hybridized carbons (Fsp3) is 0.0833. The molecule has 0 bridgehead atoms. The number of benzene rings is 7. The molecule has 11 aromatic rings. The highest BCUT2D eigenvalue weighted by Crippen LogP contribution is 2.46. The molecule has 4 heteroatoms. The van der Waals surface area contributed by atoms with E-state index in [4.69, 9.17) is 4.42 Å². The molecule has 4 aromatic heterocycles. The summed E-state index contributed by atoms with van der Waals surface area (Å²) < 4.78 is 14.2. The Kier molecular flexibility index (Phi) is 7.90. The Morgan fingerprint density at radius 2 is 1.04 bits per heavy atom. The number of para-hydroxylation sites is 4. The lowest BCUT2D eigenvalue weighted by Crippen LogP contribution is -2.00. The van der Waals surface area contributed by atoms with Crippen LogP contribution in [0.4, 0.5) is 0 Å². The average Bonchev–Trinajstić information content (AvgIpc) is 3.96. The number of fused-ring (bicyclic) bond motifs is 13. The summed E-state index contributed by atoms with van der Waals surface area (Å²) in [5.74, 6) is 0. The van der Waals surface area contributed by atoms with Crippen molar-refractivity contribution in [3.05, 3.63) is 158 Å². The fourth-order valence-corrected chi connectivity index (χ4v) is 9.04.